The highest BCUT2D eigenvalue weighted by atomic mass is 32.2. The lowest BCUT2D eigenvalue weighted by Gasteiger charge is -2.30. The highest BCUT2D eigenvalue weighted by Crippen LogP contribution is 2.20. The number of hydrogen-bond donors (Lipinski definition) is 3. The summed E-state index contributed by atoms with van der Waals surface area (Å²) in [6.45, 7) is 1.95. The molecule has 116 valence electrons. The molecule has 3 atom stereocenters. The van der Waals surface area contributed by atoms with Crippen LogP contribution in [0.2, 0.25) is 0 Å². The van der Waals surface area contributed by atoms with Crippen molar-refractivity contribution in [3.05, 3.63) is 35.9 Å². The molecule has 21 heavy (non-hydrogen) atoms. The number of aliphatic carboxylic acids is 1. The summed E-state index contributed by atoms with van der Waals surface area (Å²) in [5.41, 5.74) is 0.580. The number of nitrogens with one attached hydrogen (secondary N) is 1. The van der Waals surface area contributed by atoms with E-state index in [1.165, 1.54) is 4.90 Å². The van der Waals surface area contributed by atoms with Gasteiger partial charge in [0.1, 0.15) is 18.0 Å². The lowest BCUT2D eigenvalue weighted by Crippen LogP contribution is -2.45. The monoisotopic (exact) mass is 310 g/mol. The van der Waals surface area contributed by atoms with Crippen molar-refractivity contribution >= 4 is 23.6 Å². The van der Waals surface area contributed by atoms with Gasteiger partial charge >= 0.3 is 5.97 Å². The van der Waals surface area contributed by atoms with Crippen LogP contribution in [-0.4, -0.2) is 51.5 Å². The van der Waals surface area contributed by atoms with Crippen molar-refractivity contribution in [1.82, 2.24) is 4.90 Å². The van der Waals surface area contributed by atoms with E-state index in [2.05, 4.69) is 0 Å². The summed E-state index contributed by atoms with van der Waals surface area (Å²) in [6.07, 6.45) is 1.22. The molecule has 0 aliphatic carbocycles. The Hall–Kier alpha value is -1.53. The number of nitrogens with zero attached hydrogens (tertiary/aromatic N) is 1. The Kier molecular flexibility index (Phi) is 6.71. The van der Waals surface area contributed by atoms with E-state index in [4.69, 9.17) is 5.41 Å². The zero-order valence-corrected chi connectivity index (χ0v) is 13.3. The number of carboxylic acid groups (broad SMARTS) is 1. The molecule has 6 heteroatoms. The summed E-state index contributed by atoms with van der Waals surface area (Å²) in [4.78, 5) is 12.8. The highest BCUT2D eigenvalue weighted by molar-refractivity contribution is 7.99. The van der Waals surface area contributed by atoms with Crippen LogP contribution in [-0.2, 0) is 4.79 Å². The van der Waals surface area contributed by atoms with E-state index in [0.717, 1.165) is 0 Å². The minimum absolute atomic E-state index is 0.109. The van der Waals surface area contributed by atoms with Gasteiger partial charge in [-0.25, -0.2) is 4.79 Å². The molecular formula is C15H22N2O3S. The fourth-order valence-corrected chi connectivity index (χ4v) is 2.36. The Labute approximate surface area is 129 Å². The van der Waals surface area contributed by atoms with Crippen LogP contribution in [0.1, 0.15) is 25.0 Å². The minimum Gasteiger partial charge on any atom is -0.480 e. The molecule has 1 aromatic carbocycles. The van der Waals surface area contributed by atoms with E-state index in [1.54, 1.807) is 43.1 Å². The third kappa shape index (κ3) is 4.75. The van der Waals surface area contributed by atoms with Crippen molar-refractivity contribution < 1.29 is 15.0 Å². The molecule has 0 aromatic heterocycles. The van der Waals surface area contributed by atoms with Crippen LogP contribution in [0.5, 0.6) is 0 Å². The maximum Gasteiger partial charge on any atom is 0.326 e. The number of hydrogen-bond acceptors (Lipinski definition) is 4. The van der Waals surface area contributed by atoms with Crippen LogP contribution in [0, 0.1) is 5.41 Å². The number of benzene rings is 1. The molecule has 0 heterocycles. The van der Waals surface area contributed by atoms with E-state index in [1.807, 2.05) is 19.2 Å². The number of rotatable bonds is 7. The quantitative estimate of drug-likeness (QED) is 0.531. The van der Waals surface area contributed by atoms with Crippen molar-refractivity contribution in [2.24, 2.45) is 0 Å². The summed E-state index contributed by atoms with van der Waals surface area (Å²) in [7, 11) is 1.54. The number of carbonyl (C=O) groups is 1. The van der Waals surface area contributed by atoms with Crippen molar-refractivity contribution in [2.45, 2.75) is 30.7 Å². The smallest absolute Gasteiger partial charge is 0.326 e. The second-order valence-corrected chi connectivity index (χ2v) is 6.22. The van der Waals surface area contributed by atoms with Crippen LogP contribution in [0.15, 0.2) is 30.3 Å². The van der Waals surface area contributed by atoms with Crippen molar-refractivity contribution in [1.29, 1.82) is 5.41 Å². The van der Waals surface area contributed by atoms with Crippen molar-refractivity contribution in [3.63, 3.8) is 0 Å². The fraction of sp³-hybridized carbons (Fsp3) is 0.467. The molecular weight excluding hydrogens is 288 g/mol. The summed E-state index contributed by atoms with van der Waals surface area (Å²) >= 11 is 1.58. The topological polar surface area (TPSA) is 84.6 Å². The van der Waals surface area contributed by atoms with Gasteiger partial charge in [-0.3, -0.25) is 5.41 Å². The first-order chi connectivity index (χ1) is 9.88. The number of likely N-dealkylation sites (N-methyl/N-ethyl adjacent to an activating group) is 1. The first kappa shape index (κ1) is 17.5. The van der Waals surface area contributed by atoms with Gasteiger partial charge in [0.25, 0.3) is 0 Å². The zero-order valence-electron chi connectivity index (χ0n) is 12.5. The van der Waals surface area contributed by atoms with Crippen molar-refractivity contribution in [3.8, 4) is 0 Å². The number of aliphatic hydroxyl groups excluding tert-OH is 1. The van der Waals surface area contributed by atoms with Crippen LogP contribution >= 0.6 is 11.8 Å². The molecule has 5 nitrogen and oxygen atoms in total. The number of carboxylic acids is 1. The Morgan fingerprint density at radius 2 is 1.95 bits per heavy atom. The molecule has 0 spiro atoms. The van der Waals surface area contributed by atoms with E-state index in [0.29, 0.717) is 12.0 Å². The molecule has 2 unspecified atom stereocenters. The summed E-state index contributed by atoms with van der Waals surface area (Å²) < 4.78 is 0. The average molecular weight is 310 g/mol. The molecule has 0 radical (unpaired) electrons. The first-order valence-corrected chi connectivity index (χ1v) is 7.97. The first-order valence-electron chi connectivity index (χ1n) is 6.68. The Morgan fingerprint density at radius 1 is 1.38 bits per heavy atom. The second-order valence-electron chi connectivity index (χ2n) is 4.95. The molecule has 0 bridgehead atoms. The van der Waals surface area contributed by atoms with Gasteiger partial charge in [-0.05, 0) is 18.2 Å². The lowest BCUT2D eigenvalue weighted by atomic mass is 10.1. The van der Waals surface area contributed by atoms with Crippen molar-refractivity contribution in [2.75, 3.05) is 13.3 Å². The van der Waals surface area contributed by atoms with Crippen LogP contribution < -0.4 is 0 Å². The highest BCUT2D eigenvalue weighted by Gasteiger charge is 2.29. The van der Waals surface area contributed by atoms with E-state index in [9.17, 15) is 15.0 Å². The maximum atomic E-state index is 11.4. The predicted molar refractivity (Wildman–Crippen MR) is 85.9 cm³/mol. The zero-order chi connectivity index (χ0) is 16.0. The van der Waals surface area contributed by atoms with Gasteiger partial charge in [0.15, 0.2) is 0 Å². The maximum absolute atomic E-state index is 11.4. The Bertz CT molecular complexity index is 481. The van der Waals surface area contributed by atoms with Gasteiger partial charge in [-0.1, -0.05) is 37.3 Å². The molecule has 0 fully saturated rings. The van der Waals surface area contributed by atoms with Gasteiger partial charge in [0.2, 0.25) is 0 Å². The Balaban J connectivity index is 2.85. The molecule has 0 aliphatic heterocycles. The molecule has 0 saturated carbocycles. The van der Waals surface area contributed by atoms with Gasteiger partial charge in [-0.2, -0.15) is 11.8 Å². The lowest BCUT2D eigenvalue weighted by molar-refractivity contribution is -0.141. The summed E-state index contributed by atoms with van der Waals surface area (Å²) in [6, 6.07) is 7.98. The number of amidine groups is 1. The van der Waals surface area contributed by atoms with Crippen LogP contribution in [0.25, 0.3) is 0 Å². The molecule has 0 amide bonds. The second kappa shape index (κ2) is 8.05. The van der Waals surface area contributed by atoms with Gasteiger partial charge in [-0.15, -0.1) is 0 Å². The largest absolute Gasteiger partial charge is 0.480 e. The summed E-state index contributed by atoms with van der Waals surface area (Å²) in [5.74, 6) is -1.09. The normalized spacial score (nSPS) is 15.0. The molecule has 1 rings (SSSR count). The number of aliphatic hydroxyl groups is 1. The van der Waals surface area contributed by atoms with Crippen LogP contribution in [0.4, 0.5) is 0 Å². The molecule has 1 aromatic rings. The Morgan fingerprint density at radius 3 is 2.43 bits per heavy atom. The van der Waals surface area contributed by atoms with Gasteiger partial charge in [0, 0.05) is 12.3 Å². The van der Waals surface area contributed by atoms with Crippen LogP contribution in [0.3, 0.4) is 0 Å². The molecule has 0 aliphatic rings. The third-order valence-corrected chi connectivity index (χ3v) is 4.46. The molecule has 3 N–H and O–H groups in total. The third-order valence-electron chi connectivity index (χ3n) is 3.46. The minimum atomic E-state index is -1.12. The SMILES string of the molecule is CSC(C)C[C@@H](C(=O)O)N(C)C(=N)C(O)c1ccccc1. The summed E-state index contributed by atoms with van der Waals surface area (Å²) in [5, 5.41) is 27.8. The average Bonchev–Trinajstić information content (AvgIpc) is 2.50. The molecule has 0 saturated heterocycles. The van der Waals surface area contributed by atoms with Gasteiger partial charge in [0.05, 0.1) is 0 Å². The number of thioether (sulfide) groups is 1. The fourth-order valence-electron chi connectivity index (χ4n) is 1.99. The van der Waals surface area contributed by atoms with Gasteiger partial charge < -0.3 is 15.1 Å². The van der Waals surface area contributed by atoms with E-state index >= 15 is 0 Å². The standard InChI is InChI=1S/C15H22N2O3S/c1-10(21-3)9-12(15(19)20)17(2)14(16)13(18)11-7-5-4-6-8-11/h4-8,10,12-13,16,18H,9H2,1-3H3,(H,19,20)/t10?,12-,13?/m0/s1. The van der Waals surface area contributed by atoms with E-state index < -0.39 is 18.1 Å². The predicted octanol–water partition coefficient (Wildman–Crippen LogP) is 2.22. The van der Waals surface area contributed by atoms with E-state index in [-0.39, 0.29) is 11.1 Å².